The predicted molar refractivity (Wildman–Crippen MR) is 89.7 cm³/mol. The molecule has 1 amide bonds. The van der Waals surface area contributed by atoms with Gasteiger partial charge >= 0.3 is 0 Å². The van der Waals surface area contributed by atoms with Crippen LogP contribution < -0.4 is 9.80 Å². The Morgan fingerprint density at radius 3 is 2.55 bits per heavy atom. The molecule has 4 rings (SSSR count). The zero-order chi connectivity index (χ0) is 15.1. The summed E-state index contributed by atoms with van der Waals surface area (Å²) < 4.78 is 0. The van der Waals surface area contributed by atoms with Gasteiger partial charge in [0.1, 0.15) is 0 Å². The standard InChI is InChI=1S/C19H20N2O/c1-14-8-10-15(11-9-14)19(22)21-13-16-5-4-12-20(16)17-6-2-3-7-18(17)21/h2-3,6-11,16H,4-5,12-13H2,1H3/t16-/m0/s1. The second-order valence-electron chi connectivity index (χ2n) is 6.26. The van der Waals surface area contributed by atoms with E-state index in [4.69, 9.17) is 0 Å². The summed E-state index contributed by atoms with van der Waals surface area (Å²) in [6.45, 7) is 3.94. The number of rotatable bonds is 1. The van der Waals surface area contributed by atoms with Crippen LogP contribution in [0.3, 0.4) is 0 Å². The van der Waals surface area contributed by atoms with Gasteiger partial charge in [-0.25, -0.2) is 0 Å². The molecule has 0 aromatic heterocycles. The highest BCUT2D eigenvalue weighted by molar-refractivity contribution is 6.08. The summed E-state index contributed by atoms with van der Waals surface area (Å²) >= 11 is 0. The number of benzene rings is 2. The monoisotopic (exact) mass is 292 g/mol. The lowest BCUT2D eigenvalue weighted by molar-refractivity contribution is 0.0984. The lowest BCUT2D eigenvalue weighted by Crippen LogP contribution is -2.48. The summed E-state index contributed by atoms with van der Waals surface area (Å²) in [6, 6.07) is 16.6. The summed E-state index contributed by atoms with van der Waals surface area (Å²) in [4.78, 5) is 17.4. The van der Waals surface area contributed by atoms with Gasteiger partial charge in [-0.1, -0.05) is 29.8 Å². The Hall–Kier alpha value is -2.29. The number of fused-ring (bicyclic) bond motifs is 3. The molecule has 0 unspecified atom stereocenters. The average molecular weight is 292 g/mol. The molecule has 2 heterocycles. The maximum Gasteiger partial charge on any atom is 0.258 e. The van der Waals surface area contributed by atoms with Crippen LogP contribution in [0.2, 0.25) is 0 Å². The first-order valence-corrected chi connectivity index (χ1v) is 7.98. The summed E-state index contributed by atoms with van der Waals surface area (Å²) in [5.41, 5.74) is 4.20. The third-order valence-electron chi connectivity index (χ3n) is 4.80. The third kappa shape index (κ3) is 2.08. The first kappa shape index (κ1) is 13.4. The van der Waals surface area contributed by atoms with Crippen molar-refractivity contribution in [1.29, 1.82) is 0 Å². The van der Waals surface area contributed by atoms with Gasteiger partial charge in [0.05, 0.1) is 11.4 Å². The highest BCUT2D eigenvalue weighted by Crippen LogP contribution is 2.39. The van der Waals surface area contributed by atoms with Crippen molar-refractivity contribution >= 4 is 17.3 Å². The molecule has 0 N–H and O–H groups in total. The minimum absolute atomic E-state index is 0.110. The number of hydrogen-bond donors (Lipinski definition) is 0. The molecular weight excluding hydrogens is 272 g/mol. The highest BCUT2D eigenvalue weighted by atomic mass is 16.2. The van der Waals surface area contributed by atoms with E-state index in [-0.39, 0.29) is 5.91 Å². The van der Waals surface area contributed by atoms with E-state index in [0.29, 0.717) is 6.04 Å². The van der Waals surface area contributed by atoms with E-state index in [9.17, 15) is 4.79 Å². The summed E-state index contributed by atoms with van der Waals surface area (Å²) in [6.07, 6.45) is 2.39. The van der Waals surface area contributed by atoms with Crippen LogP contribution in [0.25, 0.3) is 0 Å². The van der Waals surface area contributed by atoms with E-state index in [1.165, 1.54) is 24.1 Å². The number of carbonyl (C=O) groups is 1. The van der Waals surface area contributed by atoms with Crippen molar-refractivity contribution in [3.63, 3.8) is 0 Å². The van der Waals surface area contributed by atoms with Gasteiger partial charge < -0.3 is 9.80 Å². The van der Waals surface area contributed by atoms with Gasteiger partial charge in [-0.2, -0.15) is 0 Å². The van der Waals surface area contributed by atoms with Gasteiger partial charge in [-0.05, 0) is 44.0 Å². The van der Waals surface area contributed by atoms with Crippen LogP contribution in [-0.2, 0) is 0 Å². The maximum absolute atomic E-state index is 13.0. The van der Waals surface area contributed by atoms with Crippen LogP contribution in [0.15, 0.2) is 48.5 Å². The number of aryl methyl sites for hydroxylation is 1. The number of hydrogen-bond acceptors (Lipinski definition) is 2. The fourth-order valence-electron chi connectivity index (χ4n) is 3.63. The molecule has 0 bridgehead atoms. The van der Waals surface area contributed by atoms with Crippen LogP contribution in [0.1, 0.15) is 28.8 Å². The Morgan fingerprint density at radius 1 is 1.05 bits per heavy atom. The second-order valence-corrected chi connectivity index (χ2v) is 6.26. The molecule has 0 spiro atoms. The van der Waals surface area contributed by atoms with Crippen molar-refractivity contribution in [3.05, 3.63) is 59.7 Å². The molecule has 0 aliphatic carbocycles. The molecule has 0 radical (unpaired) electrons. The molecule has 2 aliphatic rings. The predicted octanol–water partition coefficient (Wildman–Crippen LogP) is 3.62. The van der Waals surface area contributed by atoms with Crippen molar-refractivity contribution in [2.24, 2.45) is 0 Å². The zero-order valence-corrected chi connectivity index (χ0v) is 12.8. The maximum atomic E-state index is 13.0. The number of amides is 1. The number of nitrogens with zero attached hydrogens (tertiary/aromatic N) is 2. The van der Waals surface area contributed by atoms with Crippen molar-refractivity contribution in [1.82, 2.24) is 0 Å². The Kier molecular flexibility index (Phi) is 3.14. The van der Waals surface area contributed by atoms with Crippen LogP contribution in [0.5, 0.6) is 0 Å². The molecule has 2 aromatic carbocycles. The van der Waals surface area contributed by atoms with Crippen molar-refractivity contribution in [2.75, 3.05) is 22.9 Å². The number of anilines is 2. The lowest BCUT2D eigenvalue weighted by Gasteiger charge is -2.40. The van der Waals surface area contributed by atoms with E-state index in [0.717, 1.165) is 24.3 Å². The summed E-state index contributed by atoms with van der Waals surface area (Å²) in [5.74, 6) is 0.110. The summed E-state index contributed by atoms with van der Waals surface area (Å²) in [5, 5.41) is 0. The molecule has 1 atom stereocenters. The fourth-order valence-corrected chi connectivity index (χ4v) is 3.63. The molecule has 2 aliphatic heterocycles. The van der Waals surface area contributed by atoms with Crippen molar-refractivity contribution < 1.29 is 4.79 Å². The van der Waals surface area contributed by atoms with Gasteiger partial charge in [0.15, 0.2) is 0 Å². The quantitative estimate of drug-likeness (QED) is 0.801. The topological polar surface area (TPSA) is 23.6 Å². The minimum atomic E-state index is 0.110. The van der Waals surface area contributed by atoms with Crippen LogP contribution in [0.4, 0.5) is 11.4 Å². The van der Waals surface area contributed by atoms with Gasteiger partial charge in [0.25, 0.3) is 5.91 Å². The van der Waals surface area contributed by atoms with Gasteiger partial charge in [0.2, 0.25) is 0 Å². The summed E-state index contributed by atoms with van der Waals surface area (Å²) in [7, 11) is 0. The van der Waals surface area contributed by atoms with E-state index < -0.39 is 0 Å². The molecule has 22 heavy (non-hydrogen) atoms. The van der Waals surface area contributed by atoms with Crippen LogP contribution in [0, 0.1) is 6.92 Å². The van der Waals surface area contributed by atoms with Crippen molar-refractivity contribution in [2.45, 2.75) is 25.8 Å². The van der Waals surface area contributed by atoms with Crippen LogP contribution >= 0.6 is 0 Å². The Bertz CT molecular complexity index is 708. The van der Waals surface area contributed by atoms with Gasteiger partial charge in [-0.3, -0.25) is 4.79 Å². The van der Waals surface area contributed by atoms with Gasteiger partial charge in [0, 0.05) is 24.7 Å². The highest BCUT2D eigenvalue weighted by Gasteiger charge is 2.36. The largest absolute Gasteiger partial charge is 0.365 e. The Balaban J connectivity index is 1.74. The Morgan fingerprint density at radius 2 is 1.77 bits per heavy atom. The minimum Gasteiger partial charge on any atom is -0.365 e. The van der Waals surface area contributed by atoms with E-state index >= 15 is 0 Å². The zero-order valence-electron chi connectivity index (χ0n) is 12.8. The third-order valence-corrected chi connectivity index (χ3v) is 4.80. The molecule has 112 valence electrons. The Labute approximate surface area is 131 Å². The molecular formula is C19H20N2O. The van der Waals surface area contributed by atoms with E-state index in [1.54, 1.807) is 0 Å². The molecule has 3 heteroatoms. The fraction of sp³-hybridized carbons (Fsp3) is 0.316. The van der Waals surface area contributed by atoms with Gasteiger partial charge in [-0.15, -0.1) is 0 Å². The number of para-hydroxylation sites is 2. The lowest BCUT2D eigenvalue weighted by atomic mass is 10.1. The SMILES string of the molecule is Cc1ccc(C(=O)N2C[C@@H]3CCCN3c3ccccc32)cc1. The molecule has 1 fully saturated rings. The average Bonchev–Trinajstić information content (AvgIpc) is 3.03. The van der Waals surface area contributed by atoms with E-state index in [2.05, 4.69) is 23.1 Å². The molecule has 2 aromatic rings. The molecule has 1 saturated heterocycles. The van der Waals surface area contributed by atoms with E-state index in [1.807, 2.05) is 42.2 Å². The number of carbonyl (C=O) groups excluding carboxylic acids is 1. The first-order valence-electron chi connectivity index (χ1n) is 7.98. The smallest absolute Gasteiger partial charge is 0.258 e. The molecule has 3 nitrogen and oxygen atoms in total. The van der Waals surface area contributed by atoms with Crippen LogP contribution in [-0.4, -0.2) is 25.0 Å². The van der Waals surface area contributed by atoms with Crippen molar-refractivity contribution in [3.8, 4) is 0 Å². The second kappa shape index (κ2) is 5.16. The molecule has 0 saturated carbocycles. The normalized spacial score (nSPS) is 19.8. The first-order chi connectivity index (χ1) is 10.7.